The van der Waals surface area contributed by atoms with Crippen molar-refractivity contribution in [3.63, 3.8) is 0 Å². The summed E-state index contributed by atoms with van der Waals surface area (Å²) in [5.74, 6) is 0. The number of hydrogen-bond acceptors (Lipinski definition) is 4. The van der Waals surface area contributed by atoms with E-state index in [0.29, 0.717) is 16.3 Å². The van der Waals surface area contributed by atoms with E-state index in [4.69, 9.17) is 5.73 Å². The van der Waals surface area contributed by atoms with Crippen molar-refractivity contribution in [2.24, 2.45) is 0 Å². The largest absolute Gasteiger partial charge is 0.426 e. The third-order valence-corrected chi connectivity index (χ3v) is 1.31. The first-order valence-electron chi connectivity index (χ1n) is 1.92. The second-order valence-corrected chi connectivity index (χ2v) is 2.21. The number of rotatable bonds is 1. The number of aldehydes is 1. The van der Waals surface area contributed by atoms with Crippen LogP contribution in [0.1, 0.15) is 9.67 Å². The maximum absolute atomic E-state index is 9.90. The summed E-state index contributed by atoms with van der Waals surface area (Å²) in [7, 11) is 0. The molecule has 47 valence electrons. The van der Waals surface area contributed by atoms with Crippen molar-refractivity contribution in [2.75, 3.05) is 5.73 Å². The van der Waals surface area contributed by atoms with Crippen LogP contribution in [0, 0.1) is 6.20 Å². The maximum Gasteiger partial charge on any atom is 0.0762 e. The first-order valence-corrected chi connectivity index (χ1v) is 2.74. The zero-order valence-corrected chi connectivity index (χ0v) is 6.58. The molecule has 2 N–H and O–H groups in total. The van der Waals surface area contributed by atoms with Gasteiger partial charge in [-0.05, 0) is 4.88 Å². The summed E-state index contributed by atoms with van der Waals surface area (Å²) < 4.78 is 0. The normalized spacial score (nSPS) is 8.00. The Morgan fingerprint density at radius 3 is 2.67 bits per heavy atom. The van der Waals surface area contributed by atoms with Crippen LogP contribution in [0.25, 0.3) is 0 Å². The first-order chi connectivity index (χ1) is 3.83. The van der Waals surface area contributed by atoms with Crippen LogP contribution in [0.3, 0.4) is 0 Å². The van der Waals surface area contributed by atoms with Crippen LogP contribution in [-0.4, -0.2) is 11.3 Å². The fourth-order valence-electron chi connectivity index (χ4n) is 0.319. The van der Waals surface area contributed by atoms with E-state index in [1.807, 2.05) is 0 Å². The molecule has 3 nitrogen and oxygen atoms in total. The van der Waals surface area contributed by atoms with Crippen LogP contribution in [0.4, 0.5) is 5.13 Å². The van der Waals surface area contributed by atoms with Crippen molar-refractivity contribution in [1.29, 1.82) is 0 Å². The minimum atomic E-state index is 0. The Balaban J connectivity index is 0.000000640. The van der Waals surface area contributed by atoms with E-state index in [1.54, 1.807) is 0 Å². The van der Waals surface area contributed by atoms with Gasteiger partial charge in [0.25, 0.3) is 0 Å². The van der Waals surface area contributed by atoms with E-state index in [0.717, 1.165) is 11.3 Å². The average Bonchev–Trinajstić information content (AvgIpc) is 2.14. The molecule has 0 aliphatic carbocycles. The molecular formula is C4H3N2OSV-. The van der Waals surface area contributed by atoms with Gasteiger partial charge in [-0.15, -0.1) is 0 Å². The Hall–Kier alpha value is -0.316. The van der Waals surface area contributed by atoms with Crippen LogP contribution in [-0.2, 0) is 18.6 Å². The number of anilines is 1. The van der Waals surface area contributed by atoms with Gasteiger partial charge in [0.2, 0.25) is 0 Å². The number of hydrogen-bond donors (Lipinski definition) is 1. The number of nitrogens with two attached hydrogens (primary N) is 1. The predicted octanol–water partition coefficient (Wildman–Crippen LogP) is 0.335. The van der Waals surface area contributed by atoms with E-state index in [1.165, 1.54) is 0 Å². The number of nitrogens with zero attached hydrogens (tertiary/aromatic N) is 1. The second-order valence-electron chi connectivity index (χ2n) is 1.15. The topological polar surface area (TPSA) is 56.0 Å². The number of aromatic nitrogens is 1. The zero-order chi connectivity index (χ0) is 5.98. The molecule has 0 atom stereocenters. The molecule has 0 aromatic carbocycles. The van der Waals surface area contributed by atoms with E-state index in [-0.39, 0.29) is 18.6 Å². The van der Waals surface area contributed by atoms with Gasteiger partial charge < -0.3 is 15.5 Å². The van der Waals surface area contributed by atoms with Crippen molar-refractivity contribution >= 4 is 22.8 Å². The Labute approximate surface area is 68.2 Å². The predicted molar refractivity (Wildman–Crippen MR) is 30.7 cm³/mol. The van der Waals surface area contributed by atoms with Crippen molar-refractivity contribution in [2.45, 2.75) is 0 Å². The average molecular weight is 178 g/mol. The molecule has 0 aliphatic rings. The Morgan fingerprint density at radius 1 is 1.78 bits per heavy atom. The number of thiazole rings is 1. The van der Waals surface area contributed by atoms with Crippen molar-refractivity contribution in [3.05, 3.63) is 11.1 Å². The minimum Gasteiger partial charge on any atom is -0.426 e. The van der Waals surface area contributed by atoms with E-state index in [9.17, 15) is 4.79 Å². The molecule has 9 heavy (non-hydrogen) atoms. The monoisotopic (exact) mass is 178 g/mol. The number of carbonyl (C=O) groups excluding carboxylic acids is 1. The van der Waals surface area contributed by atoms with Crippen molar-refractivity contribution in [1.82, 2.24) is 4.98 Å². The van der Waals surface area contributed by atoms with Gasteiger partial charge in [-0.2, -0.15) is 11.3 Å². The number of carbonyl (C=O) groups is 1. The van der Waals surface area contributed by atoms with Gasteiger partial charge >= 0.3 is 0 Å². The van der Waals surface area contributed by atoms with Crippen LogP contribution in [0.2, 0.25) is 0 Å². The van der Waals surface area contributed by atoms with Crippen LogP contribution >= 0.6 is 11.3 Å². The second kappa shape index (κ2) is 3.66. The minimum absolute atomic E-state index is 0. The fraction of sp³-hybridized carbons (Fsp3) is 0. The molecule has 0 saturated heterocycles. The molecule has 0 aliphatic heterocycles. The quantitative estimate of drug-likeness (QED) is 0.498. The van der Waals surface area contributed by atoms with Gasteiger partial charge in [-0.1, -0.05) is 6.20 Å². The molecule has 0 saturated carbocycles. The van der Waals surface area contributed by atoms with Gasteiger partial charge in [-0.3, -0.25) is 0 Å². The van der Waals surface area contributed by atoms with Crippen LogP contribution in [0.15, 0.2) is 0 Å². The van der Waals surface area contributed by atoms with Crippen molar-refractivity contribution in [3.8, 4) is 0 Å². The Bertz CT molecular complexity index is 200. The molecule has 1 radical (unpaired) electrons. The molecule has 0 spiro atoms. The summed E-state index contributed by atoms with van der Waals surface area (Å²) in [5.41, 5.74) is 5.17. The maximum atomic E-state index is 9.90. The zero-order valence-electron chi connectivity index (χ0n) is 4.37. The van der Waals surface area contributed by atoms with E-state index in [2.05, 4.69) is 11.2 Å². The molecule has 1 heterocycles. The first kappa shape index (κ1) is 8.68. The molecule has 1 rings (SSSR count). The van der Waals surface area contributed by atoms with Gasteiger partial charge in [0.15, 0.2) is 0 Å². The third-order valence-electron chi connectivity index (χ3n) is 0.598. The Morgan fingerprint density at radius 2 is 2.44 bits per heavy atom. The van der Waals surface area contributed by atoms with Crippen LogP contribution < -0.4 is 5.73 Å². The van der Waals surface area contributed by atoms with Crippen molar-refractivity contribution < 1.29 is 23.4 Å². The third kappa shape index (κ3) is 2.18. The molecule has 0 bridgehead atoms. The molecule has 0 fully saturated rings. The molecule has 0 amide bonds. The summed E-state index contributed by atoms with van der Waals surface area (Å²) in [5, 5.41) is 0.382. The molecule has 1 aromatic heterocycles. The van der Waals surface area contributed by atoms with E-state index < -0.39 is 0 Å². The SMILES string of the molecule is Nc1n[c-]c(C=O)s1.[V]. The van der Waals surface area contributed by atoms with Gasteiger partial charge in [0.05, 0.1) is 11.4 Å². The van der Waals surface area contributed by atoms with Gasteiger partial charge in [0.1, 0.15) is 0 Å². The molecule has 0 unspecified atom stereocenters. The summed E-state index contributed by atoms with van der Waals surface area (Å²) in [6.45, 7) is 0. The smallest absolute Gasteiger partial charge is 0.0762 e. The molecule has 1 aromatic rings. The number of nitrogen functional groups attached to an aromatic ring is 1. The Kier molecular flexibility index (Phi) is 3.53. The summed E-state index contributed by atoms with van der Waals surface area (Å²) in [6, 6.07) is 0. The molecular weight excluding hydrogens is 175 g/mol. The van der Waals surface area contributed by atoms with Gasteiger partial charge in [0, 0.05) is 18.6 Å². The standard InChI is InChI=1S/C4H3N2OS.V/c5-4-6-1-3(2-7)8-4;/h2H,(H2,5,6);/q-1;. The van der Waals surface area contributed by atoms with Crippen LogP contribution in [0.5, 0.6) is 0 Å². The van der Waals surface area contributed by atoms with Gasteiger partial charge in [-0.25, -0.2) is 0 Å². The summed E-state index contributed by atoms with van der Waals surface area (Å²) in [6.07, 6.45) is 3.11. The molecule has 5 heteroatoms. The fourth-order valence-corrected chi connectivity index (χ4v) is 0.775. The summed E-state index contributed by atoms with van der Waals surface area (Å²) in [4.78, 5) is 13.9. The van der Waals surface area contributed by atoms with E-state index >= 15 is 0 Å². The summed E-state index contributed by atoms with van der Waals surface area (Å²) >= 11 is 1.13.